The molecule has 23 heavy (non-hydrogen) atoms. The van der Waals surface area contributed by atoms with Gasteiger partial charge in [-0.05, 0) is 25.2 Å². The predicted molar refractivity (Wildman–Crippen MR) is 90.9 cm³/mol. The number of rotatable bonds is 10. The van der Waals surface area contributed by atoms with Crippen LogP contribution < -0.4 is 0 Å². The van der Waals surface area contributed by atoms with E-state index in [9.17, 15) is 9.59 Å². The summed E-state index contributed by atoms with van der Waals surface area (Å²) in [4.78, 5) is 23.9. The molecular formula is C19H32O4. The lowest BCUT2D eigenvalue weighted by Crippen LogP contribution is -2.33. The molecule has 0 N–H and O–H groups in total. The lowest BCUT2D eigenvalue weighted by atomic mass is 9.83. The summed E-state index contributed by atoms with van der Waals surface area (Å²) >= 11 is 0. The number of unbranched alkanes of at least 4 members (excludes halogenated alkanes) is 4. The highest BCUT2D eigenvalue weighted by molar-refractivity contribution is 5.82. The zero-order chi connectivity index (χ0) is 17.1. The van der Waals surface area contributed by atoms with Crippen molar-refractivity contribution in [2.75, 3.05) is 13.7 Å². The molecule has 0 radical (unpaired) electrons. The van der Waals surface area contributed by atoms with Crippen LogP contribution in [0.1, 0.15) is 65.2 Å². The highest BCUT2D eigenvalue weighted by Crippen LogP contribution is 2.28. The SMILES string of the molecule is COC(=O)C1CC=CCC1C(=O)OCCCCCCCC(C)C. The molecule has 0 aromatic heterocycles. The number of ether oxygens (including phenoxy) is 2. The summed E-state index contributed by atoms with van der Waals surface area (Å²) in [6, 6.07) is 0. The van der Waals surface area contributed by atoms with Gasteiger partial charge >= 0.3 is 11.9 Å². The maximum atomic E-state index is 12.2. The van der Waals surface area contributed by atoms with Gasteiger partial charge in [0.2, 0.25) is 0 Å². The third-order valence-corrected chi connectivity index (χ3v) is 4.41. The highest BCUT2D eigenvalue weighted by Gasteiger charge is 2.35. The van der Waals surface area contributed by atoms with Crippen molar-refractivity contribution in [2.45, 2.75) is 65.2 Å². The van der Waals surface area contributed by atoms with Crippen molar-refractivity contribution in [3.63, 3.8) is 0 Å². The first-order chi connectivity index (χ1) is 11.1. The van der Waals surface area contributed by atoms with Crippen molar-refractivity contribution in [1.82, 2.24) is 0 Å². The minimum absolute atomic E-state index is 0.260. The van der Waals surface area contributed by atoms with Crippen molar-refractivity contribution >= 4 is 11.9 Å². The number of methoxy groups -OCH3 is 1. The molecule has 0 heterocycles. The third-order valence-electron chi connectivity index (χ3n) is 4.41. The van der Waals surface area contributed by atoms with Gasteiger partial charge < -0.3 is 9.47 Å². The van der Waals surface area contributed by atoms with E-state index in [0.717, 1.165) is 18.8 Å². The molecule has 0 fully saturated rings. The van der Waals surface area contributed by atoms with Crippen molar-refractivity contribution in [3.8, 4) is 0 Å². The van der Waals surface area contributed by atoms with Crippen LogP contribution in [0.3, 0.4) is 0 Å². The van der Waals surface area contributed by atoms with Gasteiger partial charge in [0.1, 0.15) is 0 Å². The van der Waals surface area contributed by atoms with Crippen LogP contribution in [0.15, 0.2) is 12.2 Å². The van der Waals surface area contributed by atoms with Crippen molar-refractivity contribution in [2.24, 2.45) is 17.8 Å². The summed E-state index contributed by atoms with van der Waals surface area (Å²) in [6.45, 7) is 4.96. The van der Waals surface area contributed by atoms with E-state index in [1.807, 2.05) is 12.2 Å². The molecule has 0 amide bonds. The normalized spacial score (nSPS) is 20.5. The van der Waals surface area contributed by atoms with Gasteiger partial charge in [0.05, 0.1) is 25.6 Å². The third kappa shape index (κ3) is 7.67. The molecule has 0 spiro atoms. The lowest BCUT2D eigenvalue weighted by Gasteiger charge is -2.24. The molecule has 4 nitrogen and oxygen atoms in total. The van der Waals surface area contributed by atoms with E-state index in [4.69, 9.17) is 9.47 Å². The van der Waals surface area contributed by atoms with Crippen molar-refractivity contribution < 1.29 is 19.1 Å². The van der Waals surface area contributed by atoms with Gasteiger partial charge in [-0.2, -0.15) is 0 Å². The van der Waals surface area contributed by atoms with E-state index >= 15 is 0 Å². The molecule has 132 valence electrons. The van der Waals surface area contributed by atoms with E-state index in [-0.39, 0.29) is 11.9 Å². The van der Waals surface area contributed by atoms with E-state index < -0.39 is 11.8 Å². The molecular weight excluding hydrogens is 292 g/mol. The summed E-state index contributed by atoms with van der Waals surface area (Å²) in [5, 5.41) is 0. The summed E-state index contributed by atoms with van der Waals surface area (Å²) < 4.78 is 10.2. The van der Waals surface area contributed by atoms with Crippen LogP contribution in [-0.4, -0.2) is 25.7 Å². The average Bonchev–Trinajstić information content (AvgIpc) is 2.56. The molecule has 0 bridgehead atoms. The largest absolute Gasteiger partial charge is 0.469 e. The molecule has 1 rings (SSSR count). The second-order valence-corrected chi connectivity index (χ2v) is 6.80. The summed E-state index contributed by atoms with van der Waals surface area (Å²) in [6.07, 6.45) is 12.0. The van der Waals surface area contributed by atoms with E-state index in [0.29, 0.717) is 19.4 Å². The molecule has 0 saturated heterocycles. The smallest absolute Gasteiger partial charge is 0.310 e. The van der Waals surface area contributed by atoms with Gasteiger partial charge in [0, 0.05) is 0 Å². The Kier molecular flexibility index (Phi) is 9.65. The zero-order valence-corrected chi connectivity index (χ0v) is 14.9. The lowest BCUT2D eigenvalue weighted by molar-refractivity contribution is -0.159. The van der Waals surface area contributed by atoms with E-state index in [1.54, 1.807) is 0 Å². The molecule has 0 saturated carbocycles. The first-order valence-electron chi connectivity index (χ1n) is 8.95. The molecule has 2 unspecified atom stereocenters. The quantitative estimate of drug-likeness (QED) is 0.342. The fourth-order valence-corrected chi connectivity index (χ4v) is 2.95. The maximum absolute atomic E-state index is 12.2. The van der Waals surface area contributed by atoms with Crippen LogP contribution in [-0.2, 0) is 19.1 Å². The fourth-order valence-electron chi connectivity index (χ4n) is 2.95. The van der Waals surface area contributed by atoms with Gasteiger partial charge in [0.15, 0.2) is 0 Å². The van der Waals surface area contributed by atoms with E-state index in [1.165, 1.54) is 32.8 Å². The second-order valence-electron chi connectivity index (χ2n) is 6.80. The number of hydrogen-bond acceptors (Lipinski definition) is 4. The van der Waals surface area contributed by atoms with Gasteiger partial charge in [-0.25, -0.2) is 0 Å². The number of hydrogen-bond donors (Lipinski definition) is 0. The van der Waals surface area contributed by atoms with Gasteiger partial charge in [-0.3, -0.25) is 9.59 Å². The Bertz CT molecular complexity index is 387. The molecule has 0 aromatic rings. The Morgan fingerprint density at radius 2 is 1.52 bits per heavy atom. The first kappa shape index (κ1) is 19.7. The average molecular weight is 324 g/mol. The van der Waals surface area contributed by atoms with Crippen LogP contribution in [0.25, 0.3) is 0 Å². The fraction of sp³-hybridized carbons (Fsp3) is 0.789. The van der Waals surface area contributed by atoms with Gasteiger partial charge in [-0.1, -0.05) is 58.1 Å². The Balaban J connectivity index is 2.17. The Hall–Kier alpha value is -1.32. The van der Waals surface area contributed by atoms with Crippen LogP contribution in [0, 0.1) is 17.8 Å². The Labute approximate surface area is 140 Å². The zero-order valence-electron chi connectivity index (χ0n) is 14.9. The summed E-state index contributed by atoms with van der Waals surface area (Å²) in [7, 11) is 1.36. The van der Waals surface area contributed by atoms with Gasteiger partial charge in [0.25, 0.3) is 0 Å². The number of carbonyl (C=O) groups excluding carboxylic acids is 2. The van der Waals surface area contributed by atoms with Crippen LogP contribution >= 0.6 is 0 Å². The molecule has 0 aromatic carbocycles. The van der Waals surface area contributed by atoms with E-state index in [2.05, 4.69) is 13.8 Å². The molecule has 1 aliphatic rings. The Morgan fingerprint density at radius 1 is 0.957 bits per heavy atom. The number of allylic oxidation sites excluding steroid dienone is 2. The standard InChI is InChI=1S/C19H32O4/c1-15(2)11-7-5-4-6-10-14-23-19(21)17-13-9-8-12-16(17)18(20)22-3/h8-9,15-17H,4-7,10-14H2,1-3H3. The molecule has 1 aliphatic carbocycles. The summed E-state index contributed by atoms with van der Waals surface area (Å²) in [5.74, 6) is -0.582. The minimum Gasteiger partial charge on any atom is -0.469 e. The molecule has 0 aliphatic heterocycles. The van der Waals surface area contributed by atoms with Crippen LogP contribution in [0.5, 0.6) is 0 Å². The monoisotopic (exact) mass is 324 g/mol. The molecule has 4 heteroatoms. The number of carbonyl (C=O) groups is 2. The molecule has 2 atom stereocenters. The first-order valence-corrected chi connectivity index (χ1v) is 8.95. The predicted octanol–water partition coefficient (Wildman–Crippen LogP) is 4.28. The minimum atomic E-state index is -0.395. The van der Waals surface area contributed by atoms with Gasteiger partial charge in [-0.15, -0.1) is 0 Å². The number of esters is 2. The summed E-state index contributed by atoms with van der Waals surface area (Å²) in [5.41, 5.74) is 0. The Morgan fingerprint density at radius 3 is 2.13 bits per heavy atom. The van der Waals surface area contributed by atoms with Crippen LogP contribution in [0.4, 0.5) is 0 Å². The second kappa shape index (κ2) is 11.3. The van der Waals surface area contributed by atoms with Crippen molar-refractivity contribution in [3.05, 3.63) is 12.2 Å². The maximum Gasteiger partial charge on any atom is 0.310 e. The van der Waals surface area contributed by atoms with Crippen molar-refractivity contribution in [1.29, 1.82) is 0 Å². The highest BCUT2D eigenvalue weighted by atomic mass is 16.5. The topological polar surface area (TPSA) is 52.6 Å². The van der Waals surface area contributed by atoms with Crippen LogP contribution in [0.2, 0.25) is 0 Å².